The lowest BCUT2D eigenvalue weighted by Gasteiger charge is -2.58. The maximum Gasteiger partial charge on any atom is 0.0624 e. The van der Waals surface area contributed by atoms with E-state index in [2.05, 4.69) is 19.9 Å². The average Bonchev–Trinajstić information content (AvgIpc) is 2.26. The minimum atomic E-state index is 0.645. The second-order valence-corrected chi connectivity index (χ2v) is 7.99. The molecule has 0 spiro atoms. The smallest absolute Gasteiger partial charge is 0.0624 e. The van der Waals surface area contributed by atoms with Crippen LogP contribution < -0.4 is 0 Å². The summed E-state index contributed by atoms with van der Waals surface area (Å²) in [5, 5.41) is 9.05. The predicted molar refractivity (Wildman–Crippen MR) is 73.8 cm³/mol. The van der Waals surface area contributed by atoms with Gasteiger partial charge in [-0.15, -0.1) is 0 Å². The van der Waals surface area contributed by atoms with Crippen molar-refractivity contribution in [1.82, 2.24) is 0 Å². The van der Waals surface area contributed by atoms with Gasteiger partial charge in [-0.05, 0) is 80.0 Å². The van der Waals surface area contributed by atoms with Crippen LogP contribution in [0.1, 0.15) is 65.2 Å². The Labute approximate surface area is 112 Å². The van der Waals surface area contributed by atoms with E-state index in [1.807, 2.05) is 0 Å². The van der Waals surface area contributed by atoms with Crippen LogP contribution in [0.4, 0.5) is 0 Å². The zero-order chi connectivity index (χ0) is 12.8. The molecule has 1 heteroatoms. The Morgan fingerprint density at radius 1 is 1.06 bits per heavy atom. The quantitative estimate of drug-likeness (QED) is 0.699. The first-order valence-corrected chi connectivity index (χ1v) is 7.97. The lowest BCUT2D eigenvalue weighted by molar-refractivity contribution is -0.0680. The highest BCUT2D eigenvalue weighted by atomic mass is 14.6. The van der Waals surface area contributed by atoms with Crippen molar-refractivity contribution < 1.29 is 0 Å². The lowest BCUT2D eigenvalue weighted by atomic mass is 9.47. The summed E-state index contributed by atoms with van der Waals surface area (Å²) in [7, 11) is 0. The fraction of sp³-hybridized carbons (Fsp3) is 0.941. The van der Waals surface area contributed by atoms with E-state index in [9.17, 15) is 0 Å². The van der Waals surface area contributed by atoms with Crippen molar-refractivity contribution in [3.8, 4) is 6.07 Å². The molecule has 0 N–H and O–H groups in total. The summed E-state index contributed by atoms with van der Waals surface area (Å²) >= 11 is 0. The first-order chi connectivity index (χ1) is 8.60. The highest BCUT2D eigenvalue weighted by Gasteiger charge is 2.51. The van der Waals surface area contributed by atoms with Gasteiger partial charge in [-0.3, -0.25) is 0 Å². The second-order valence-electron chi connectivity index (χ2n) is 7.99. The molecule has 0 saturated heterocycles. The molecule has 4 aliphatic carbocycles. The van der Waals surface area contributed by atoms with Crippen LogP contribution in [0.5, 0.6) is 0 Å². The molecule has 1 nitrogen and oxygen atoms in total. The molecule has 0 amide bonds. The summed E-state index contributed by atoms with van der Waals surface area (Å²) in [5.41, 5.74) is 0.653. The number of hydrogen-bond acceptors (Lipinski definition) is 1. The molecule has 4 rings (SSSR count). The maximum atomic E-state index is 9.05. The largest absolute Gasteiger partial charge is 0.198 e. The monoisotopic (exact) mass is 245 g/mol. The van der Waals surface area contributed by atoms with Crippen molar-refractivity contribution in [2.75, 3.05) is 0 Å². The third-order valence-corrected chi connectivity index (χ3v) is 6.16. The predicted octanol–water partition coefficient (Wildman–Crippen LogP) is 4.78. The Bertz CT molecular complexity index is 314. The molecule has 4 aliphatic rings. The summed E-state index contributed by atoms with van der Waals surface area (Å²) in [6.07, 6.45) is 11.2. The number of nitrogens with zero attached hydrogens (tertiary/aromatic N) is 1. The minimum absolute atomic E-state index is 0.645. The van der Waals surface area contributed by atoms with Gasteiger partial charge in [0.05, 0.1) is 6.07 Å². The molecule has 0 aromatic rings. The SMILES string of the molecule is CC(C)C(CC#N)CC12CC3CC(CC(C3)C1)C2. The van der Waals surface area contributed by atoms with Gasteiger partial charge in [-0.2, -0.15) is 5.26 Å². The highest BCUT2D eigenvalue weighted by Crippen LogP contribution is 2.62. The summed E-state index contributed by atoms with van der Waals surface area (Å²) < 4.78 is 0. The van der Waals surface area contributed by atoms with Crippen molar-refractivity contribution in [2.45, 2.75) is 65.2 Å². The van der Waals surface area contributed by atoms with Gasteiger partial charge < -0.3 is 0 Å². The summed E-state index contributed by atoms with van der Waals surface area (Å²) in [6.45, 7) is 4.62. The summed E-state index contributed by atoms with van der Waals surface area (Å²) in [6, 6.07) is 2.43. The van der Waals surface area contributed by atoms with E-state index < -0.39 is 0 Å². The fourth-order valence-electron chi connectivity index (χ4n) is 5.76. The van der Waals surface area contributed by atoms with Crippen molar-refractivity contribution in [1.29, 1.82) is 5.26 Å². The van der Waals surface area contributed by atoms with Gasteiger partial charge in [-0.25, -0.2) is 0 Å². The number of nitriles is 1. The maximum absolute atomic E-state index is 9.05. The summed E-state index contributed by atoms with van der Waals surface area (Å²) in [4.78, 5) is 0. The van der Waals surface area contributed by atoms with Crippen molar-refractivity contribution in [3.63, 3.8) is 0 Å². The Kier molecular flexibility index (Phi) is 3.16. The normalized spacial score (nSPS) is 43.1. The molecule has 0 aromatic heterocycles. The van der Waals surface area contributed by atoms with E-state index in [0.717, 1.165) is 24.2 Å². The summed E-state index contributed by atoms with van der Waals surface area (Å²) in [5.74, 6) is 4.47. The molecule has 0 heterocycles. The van der Waals surface area contributed by atoms with Crippen molar-refractivity contribution in [3.05, 3.63) is 0 Å². The third kappa shape index (κ3) is 2.20. The Hall–Kier alpha value is -0.510. The van der Waals surface area contributed by atoms with Crippen LogP contribution in [-0.2, 0) is 0 Å². The highest BCUT2D eigenvalue weighted by molar-refractivity contribution is 5.02. The van der Waals surface area contributed by atoms with Crippen molar-refractivity contribution in [2.24, 2.45) is 35.0 Å². The Balaban J connectivity index is 1.73. The van der Waals surface area contributed by atoms with E-state index in [1.165, 1.54) is 44.9 Å². The topological polar surface area (TPSA) is 23.8 Å². The van der Waals surface area contributed by atoms with Gasteiger partial charge in [0.1, 0.15) is 0 Å². The molecule has 0 aliphatic heterocycles. The first kappa shape index (κ1) is 12.5. The van der Waals surface area contributed by atoms with Gasteiger partial charge >= 0.3 is 0 Å². The lowest BCUT2D eigenvalue weighted by Crippen LogP contribution is -2.47. The molecule has 4 saturated carbocycles. The van der Waals surface area contributed by atoms with E-state index in [1.54, 1.807) is 0 Å². The second kappa shape index (κ2) is 4.55. The van der Waals surface area contributed by atoms with Gasteiger partial charge in [-0.1, -0.05) is 13.8 Å². The number of rotatable bonds is 4. The van der Waals surface area contributed by atoms with Gasteiger partial charge in [0.15, 0.2) is 0 Å². The molecular weight excluding hydrogens is 218 g/mol. The molecule has 1 unspecified atom stereocenters. The molecular formula is C17H27N. The minimum Gasteiger partial charge on any atom is -0.198 e. The van der Waals surface area contributed by atoms with Crippen LogP contribution in [-0.4, -0.2) is 0 Å². The molecule has 4 bridgehead atoms. The molecule has 1 atom stereocenters. The number of hydrogen-bond donors (Lipinski definition) is 0. The van der Waals surface area contributed by atoms with Crippen LogP contribution in [0.25, 0.3) is 0 Å². The van der Waals surface area contributed by atoms with Crippen LogP contribution in [0.3, 0.4) is 0 Å². The first-order valence-electron chi connectivity index (χ1n) is 7.97. The van der Waals surface area contributed by atoms with E-state index in [4.69, 9.17) is 5.26 Å². The van der Waals surface area contributed by atoms with E-state index >= 15 is 0 Å². The standard InChI is InChI=1S/C17H27N/c1-12(2)16(3-4-18)11-17-8-13-5-14(9-17)7-15(6-13)10-17/h12-16H,3,5-11H2,1-2H3. The van der Waals surface area contributed by atoms with Crippen LogP contribution in [0, 0.1) is 46.3 Å². The molecule has 0 radical (unpaired) electrons. The van der Waals surface area contributed by atoms with E-state index in [-0.39, 0.29) is 0 Å². The van der Waals surface area contributed by atoms with Crippen LogP contribution in [0.15, 0.2) is 0 Å². The molecule has 4 fully saturated rings. The zero-order valence-electron chi connectivity index (χ0n) is 12.0. The molecule has 0 aromatic carbocycles. The fourth-order valence-corrected chi connectivity index (χ4v) is 5.76. The van der Waals surface area contributed by atoms with Gasteiger partial charge in [0.25, 0.3) is 0 Å². The van der Waals surface area contributed by atoms with Crippen molar-refractivity contribution >= 4 is 0 Å². The van der Waals surface area contributed by atoms with Crippen LogP contribution >= 0.6 is 0 Å². The van der Waals surface area contributed by atoms with Gasteiger partial charge in [0, 0.05) is 6.42 Å². The van der Waals surface area contributed by atoms with Crippen LogP contribution in [0.2, 0.25) is 0 Å². The molecule has 18 heavy (non-hydrogen) atoms. The zero-order valence-corrected chi connectivity index (χ0v) is 12.0. The Morgan fingerprint density at radius 2 is 1.56 bits per heavy atom. The average molecular weight is 245 g/mol. The Morgan fingerprint density at radius 3 is 1.94 bits per heavy atom. The third-order valence-electron chi connectivity index (χ3n) is 6.16. The van der Waals surface area contributed by atoms with Gasteiger partial charge in [0.2, 0.25) is 0 Å². The molecule has 100 valence electrons. The van der Waals surface area contributed by atoms with E-state index in [0.29, 0.717) is 17.3 Å².